The van der Waals surface area contributed by atoms with Crippen LogP contribution in [0.4, 0.5) is 0 Å². The van der Waals surface area contributed by atoms with Gasteiger partial charge in [0.1, 0.15) is 0 Å². The molecule has 1 aliphatic carbocycles. The van der Waals surface area contributed by atoms with Gasteiger partial charge in [-0.1, -0.05) is 12.2 Å². The number of hydrogen-bond donors (Lipinski definition) is 2. The lowest BCUT2D eigenvalue weighted by Crippen LogP contribution is -2.34. The predicted octanol–water partition coefficient (Wildman–Crippen LogP) is 1.44. The van der Waals surface area contributed by atoms with Gasteiger partial charge in [-0.05, 0) is 37.4 Å². The Bertz CT molecular complexity index is 266. The summed E-state index contributed by atoms with van der Waals surface area (Å²) < 4.78 is 4.90. The summed E-state index contributed by atoms with van der Waals surface area (Å²) in [5, 5.41) is 7.65. The van der Waals surface area contributed by atoms with Crippen LogP contribution < -0.4 is 10.7 Å². The van der Waals surface area contributed by atoms with Crippen molar-refractivity contribution in [3.05, 3.63) is 12.2 Å². The van der Waals surface area contributed by atoms with Crippen LogP contribution in [0.5, 0.6) is 0 Å². The van der Waals surface area contributed by atoms with Crippen molar-refractivity contribution in [1.29, 1.82) is 0 Å². The molecule has 1 atom stereocenters. The molecule has 0 fully saturated rings. The summed E-state index contributed by atoms with van der Waals surface area (Å²) in [7, 11) is 1.66. The van der Waals surface area contributed by atoms with E-state index in [1.54, 1.807) is 7.11 Å². The van der Waals surface area contributed by atoms with Gasteiger partial charge in [-0.25, -0.2) is 0 Å². The highest BCUT2D eigenvalue weighted by atomic mass is 32.1. The highest BCUT2D eigenvalue weighted by molar-refractivity contribution is 7.80. The molecule has 0 heterocycles. The van der Waals surface area contributed by atoms with Gasteiger partial charge in [0.25, 0.3) is 0 Å². The number of rotatable bonds is 5. The smallest absolute Gasteiger partial charge is 0.187 e. The molecule has 4 nitrogen and oxygen atoms in total. The number of nitrogens with one attached hydrogen (secondary N) is 2. The van der Waals surface area contributed by atoms with E-state index in [4.69, 9.17) is 17.0 Å². The molecule has 0 aliphatic heterocycles. The van der Waals surface area contributed by atoms with E-state index < -0.39 is 0 Å². The summed E-state index contributed by atoms with van der Waals surface area (Å²) in [6, 6.07) is 0. The molecule has 0 amide bonds. The van der Waals surface area contributed by atoms with Crippen molar-refractivity contribution in [2.75, 3.05) is 20.3 Å². The fourth-order valence-corrected chi connectivity index (χ4v) is 1.61. The van der Waals surface area contributed by atoms with E-state index in [0.717, 1.165) is 12.8 Å². The first-order valence-electron chi connectivity index (χ1n) is 5.54. The van der Waals surface area contributed by atoms with Gasteiger partial charge in [0.05, 0.1) is 6.61 Å². The van der Waals surface area contributed by atoms with E-state index in [0.29, 0.717) is 24.2 Å². The minimum absolute atomic E-state index is 0.541. The molecule has 1 rings (SSSR count). The first-order chi connectivity index (χ1) is 7.83. The first-order valence-corrected chi connectivity index (χ1v) is 5.94. The largest absolute Gasteiger partial charge is 0.383 e. The van der Waals surface area contributed by atoms with Gasteiger partial charge >= 0.3 is 0 Å². The van der Waals surface area contributed by atoms with E-state index in [1.165, 1.54) is 6.42 Å². The average Bonchev–Trinajstić information content (AvgIpc) is 2.31. The zero-order chi connectivity index (χ0) is 11.6. The second-order valence-corrected chi connectivity index (χ2v) is 4.09. The van der Waals surface area contributed by atoms with Crippen molar-refractivity contribution in [3.8, 4) is 0 Å². The van der Waals surface area contributed by atoms with Crippen LogP contribution in [0.3, 0.4) is 0 Å². The number of hydrogen-bond acceptors (Lipinski definition) is 3. The fourth-order valence-electron chi connectivity index (χ4n) is 1.46. The van der Waals surface area contributed by atoms with Crippen molar-refractivity contribution in [2.24, 2.45) is 11.0 Å². The number of thiocarbonyl (C=S) groups is 1. The summed E-state index contributed by atoms with van der Waals surface area (Å²) in [4.78, 5) is 0. The van der Waals surface area contributed by atoms with Gasteiger partial charge in [-0.2, -0.15) is 5.10 Å². The molecule has 0 spiro atoms. The van der Waals surface area contributed by atoms with Crippen LogP contribution in [0.25, 0.3) is 0 Å². The van der Waals surface area contributed by atoms with Crippen LogP contribution in [0.1, 0.15) is 19.3 Å². The number of allylic oxidation sites excluding steroid dienone is 2. The highest BCUT2D eigenvalue weighted by Crippen LogP contribution is 2.15. The second kappa shape index (κ2) is 8.24. The third kappa shape index (κ3) is 5.82. The molecule has 0 bridgehead atoms. The molecule has 0 radical (unpaired) electrons. The summed E-state index contributed by atoms with van der Waals surface area (Å²) in [5.74, 6) is 0.541. The predicted molar refractivity (Wildman–Crippen MR) is 70.6 cm³/mol. The molecule has 16 heavy (non-hydrogen) atoms. The minimum Gasteiger partial charge on any atom is -0.383 e. The van der Waals surface area contributed by atoms with Crippen LogP contribution in [0, 0.1) is 5.92 Å². The zero-order valence-electron chi connectivity index (χ0n) is 9.61. The molecule has 0 saturated heterocycles. The lowest BCUT2D eigenvalue weighted by Gasteiger charge is -2.12. The first kappa shape index (κ1) is 13.1. The van der Waals surface area contributed by atoms with Gasteiger partial charge < -0.3 is 10.1 Å². The quantitative estimate of drug-likeness (QED) is 0.251. The molecule has 0 saturated carbocycles. The Balaban J connectivity index is 2.10. The average molecular weight is 241 g/mol. The molecular weight excluding hydrogens is 222 g/mol. The molecular formula is C11H19N3OS. The minimum atomic E-state index is 0.541. The van der Waals surface area contributed by atoms with E-state index in [9.17, 15) is 0 Å². The molecule has 0 aromatic rings. The standard InChI is InChI=1S/C11H19N3OS/c1-15-8-7-12-11(16)14-13-9-10-5-3-2-4-6-10/h2-3,9-10H,4-8H2,1H3,(H2,12,14,16)/b13-9-/t10-/m1/s1. The maximum Gasteiger partial charge on any atom is 0.187 e. The van der Waals surface area contributed by atoms with Crippen molar-refractivity contribution in [2.45, 2.75) is 19.3 Å². The molecule has 0 aromatic carbocycles. The summed E-state index contributed by atoms with van der Waals surface area (Å²) in [5.41, 5.74) is 2.80. The maximum atomic E-state index is 5.03. The van der Waals surface area contributed by atoms with Crippen LogP contribution >= 0.6 is 12.2 Å². The maximum absolute atomic E-state index is 5.03. The molecule has 0 aromatic heterocycles. The van der Waals surface area contributed by atoms with E-state index >= 15 is 0 Å². The monoisotopic (exact) mass is 241 g/mol. The van der Waals surface area contributed by atoms with Crippen molar-refractivity contribution in [3.63, 3.8) is 0 Å². The summed E-state index contributed by atoms with van der Waals surface area (Å²) in [6.45, 7) is 1.34. The lowest BCUT2D eigenvalue weighted by molar-refractivity contribution is 0.204. The molecule has 0 unspecified atom stereocenters. The number of methoxy groups -OCH3 is 1. The molecule has 1 aliphatic rings. The van der Waals surface area contributed by atoms with Gasteiger partial charge in [-0.3, -0.25) is 5.43 Å². The third-order valence-electron chi connectivity index (χ3n) is 2.35. The zero-order valence-corrected chi connectivity index (χ0v) is 10.4. The topological polar surface area (TPSA) is 45.6 Å². The normalized spacial score (nSPS) is 19.9. The molecule has 90 valence electrons. The van der Waals surface area contributed by atoms with Gasteiger partial charge in [0.2, 0.25) is 0 Å². The van der Waals surface area contributed by atoms with E-state index in [1.807, 2.05) is 6.21 Å². The van der Waals surface area contributed by atoms with Crippen LogP contribution in [0.2, 0.25) is 0 Å². The van der Waals surface area contributed by atoms with Crippen molar-refractivity contribution >= 4 is 23.5 Å². The van der Waals surface area contributed by atoms with Crippen LogP contribution in [0.15, 0.2) is 17.3 Å². The second-order valence-electron chi connectivity index (χ2n) is 3.68. The van der Waals surface area contributed by atoms with Crippen molar-refractivity contribution in [1.82, 2.24) is 10.7 Å². The Labute approximate surface area is 102 Å². The Morgan fingerprint density at radius 1 is 1.62 bits per heavy atom. The number of ether oxygens (including phenoxy) is 1. The van der Waals surface area contributed by atoms with E-state index in [-0.39, 0.29) is 0 Å². The Morgan fingerprint density at radius 2 is 2.50 bits per heavy atom. The SMILES string of the molecule is COCCNC(=S)N/N=C\[C@@H]1CC=CCC1. The Hall–Kier alpha value is -0.940. The van der Waals surface area contributed by atoms with E-state index in [2.05, 4.69) is 28.0 Å². The summed E-state index contributed by atoms with van der Waals surface area (Å²) >= 11 is 5.03. The Kier molecular flexibility index (Phi) is 6.76. The van der Waals surface area contributed by atoms with Gasteiger partial charge in [0.15, 0.2) is 5.11 Å². The Morgan fingerprint density at radius 3 is 3.19 bits per heavy atom. The fraction of sp³-hybridized carbons (Fsp3) is 0.636. The molecule has 2 N–H and O–H groups in total. The number of nitrogens with zero attached hydrogens (tertiary/aromatic N) is 1. The van der Waals surface area contributed by atoms with Crippen LogP contribution in [-0.2, 0) is 4.74 Å². The highest BCUT2D eigenvalue weighted by Gasteiger charge is 2.05. The number of hydrazone groups is 1. The lowest BCUT2D eigenvalue weighted by atomic mass is 9.96. The van der Waals surface area contributed by atoms with Crippen molar-refractivity contribution < 1.29 is 4.74 Å². The third-order valence-corrected chi connectivity index (χ3v) is 2.59. The van der Waals surface area contributed by atoms with Gasteiger partial charge in [0, 0.05) is 19.9 Å². The molecule has 5 heteroatoms. The summed E-state index contributed by atoms with van der Waals surface area (Å²) in [6.07, 6.45) is 9.76. The van der Waals surface area contributed by atoms with Gasteiger partial charge in [-0.15, -0.1) is 0 Å². The van der Waals surface area contributed by atoms with Crippen LogP contribution in [-0.4, -0.2) is 31.6 Å².